The van der Waals surface area contributed by atoms with E-state index < -0.39 is 0 Å². The molecule has 1 nitrogen and oxygen atoms in total. The lowest BCUT2D eigenvalue weighted by molar-refractivity contribution is 0.102. The Balaban J connectivity index is 1.89. The van der Waals surface area contributed by atoms with Crippen LogP contribution in [-0.2, 0) is 0 Å². The van der Waals surface area contributed by atoms with Gasteiger partial charge in [-0.25, -0.2) is 4.39 Å². The second-order valence-corrected chi connectivity index (χ2v) is 4.35. The Bertz CT molecular complexity index is 496. The van der Waals surface area contributed by atoms with Gasteiger partial charge in [-0.2, -0.15) is 0 Å². The summed E-state index contributed by atoms with van der Waals surface area (Å²) in [7, 11) is 0. The predicted octanol–water partition coefficient (Wildman–Crippen LogP) is 3.14. The Morgan fingerprint density at radius 1 is 1.19 bits per heavy atom. The van der Waals surface area contributed by atoms with E-state index in [0.717, 1.165) is 12.0 Å². The lowest BCUT2D eigenvalue weighted by atomic mass is 9.94. The van der Waals surface area contributed by atoms with Crippen molar-refractivity contribution in [2.24, 2.45) is 11.8 Å². The number of benzene rings is 1. The second kappa shape index (κ2) is 3.41. The van der Waals surface area contributed by atoms with Crippen LogP contribution in [0.25, 0.3) is 0 Å². The predicted molar refractivity (Wildman–Crippen MR) is 59.6 cm³/mol. The molecule has 2 bridgehead atoms. The van der Waals surface area contributed by atoms with Crippen LogP contribution < -0.4 is 0 Å². The molecule has 0 amide bonds. The minimum absolute atomic E-state index is 0.0388. The Kier molecular flexibility index (Phi) is 2.03. The molecule has 2 atom stereocenters. The Labute approximate surface area is 93.3 Å². The van der Waals surface area contributed by atoms with Crippen molar-refractivity contribution in [2.45, 2.75) is 6.42 Å². The van der Waals surface area contributed by atoms with Crippen molar-refractivity contribution in [1.29, 1.82) is 0 Å². The van der Waals surface area contributed by atoms with Gasteiger partial charge in [0.1, 0.15) is 5.82 Å². The second-order valence-electron chi connectivity index (χ2n) is 4.35. The van der Waals surface area contributed by atoms with Gasteiger partial charge in [0.05, 0.1) is 0 Å². The summed E-state index contributed by atoms with van der Waals surface area (Å²) in [5, 5.41) is 0. The number of halogens is 1. The van der Waals surface area contributed by atoms with E-state index in [1.165, 1.54) is 12.1 Å². The summed E-state index contributed by atoms with van der Waals surface area (Å²) in [5.41, 5.74) is 1.45. The van der Waals surface area contributed by atoms with Crippen molar-refractivity contribution in [3.8, 4) is 0 Å². The average Bonchev–Trinajstić information content (AvgIpc) is 2.91. The van der Waals surface area contributed by atoms with E-state index in [2.05, 4.69) is 12.2 Å². The lowest BCUT2D eigenvalue weighted by Gasteiger charge is -2.08. The number of carbonyl (C=O) groups excluding carboxylic acids is 1. The van der Waals surface area contributed by atoms with Crippen LogP contribution in [0.1, 0.15) is 16.8 Å². The summed E-state index contributed by atoms with van der Waals surface area (Å²) in [6.45, 7) is 0. The van der Waals surface area contributed by atoms with E-state index in [-0.39, 0.29) is 17.5 Å². The van der Waals surface area contributed by atoms with Gasteiger partial charge in [0, 0.05) is 17.1 Å². The molecule has 0 spiro atoms. The number of allylic oxidation sites excluding steroid dienone is 4. The van der Waals surface area contributed by atoms with Crippen molar-refractivity contribution < 1.29 is 9.18 Å². The maximum absolute atomic E-state index is 12.7. The maximum Gasteiger partial charge on any atom is 0.189 e. The van der Waals surface area contributed by atoms with Crippen LogP contribution in [0.5, 0.6) is 0 Å². The van der Waals surface area contributed by atoms with Crippen LogP contribution in [-0.4, -0.2) is 5.78 Å². The van der Waals surface area contributed by atoms with Crippen LogP contribution in [0.4, 0.5) is 4.39 Å². The quantitative estimate of drug-likeness (QED) is 0.546. The van der Waals surface area contributed by atoms with Crippen LogP contribution in [0.3, 0.4) is 0 Å². The summed E-state index contributed by atoms with van der Waals surface area (Å²) in [6.07, 6.45) is 7.31. The molecule has 2 aliphatic rings. The zero-order valence-corrected chi connectivity index (χ0v) is 8.69. The molecule has 0 saturated heterocycles. The fraction of sp³-hybridized carbons (Fsp3) is 0.214. The molecular weight excluding hydrogens is 203 g/mol. The summed E-state index contributed by atoms with van der Waals surface area (Å²) in [6, 6.07) is 5.76. The van der Waals surface area contributed by atoms with E-state index in [9.17, 15) is 9.18 Å². The molecule has 0 aromatic heterocycles. The van der Waals surface area contributed by atoms with E-state index in [0.29, 0.717) is 11.5 Å². The third-order valence-corrected chi connectivity index (χ3v) is 3.28. The van der Waals surface area contributed by atoms with Gasteiger partial charge in [-0.3, -0.25) is 4.79 Å². The van der Waals surface area contributed by atoms with Crippen molar-refractivity contribution in [1.82, 2.24) is 0 Å². The molecule has 80 valence electrons. The third kappa shape index (κ3) is 1.42. The van der Waals surface area contributed by atoms with Crippen LogP contribution >= 0.6 is 0 Å². The van der Waals surface area contributed by atoms with Crippen molar-refractivity contribution >= 4 is 5.78 Å². The molecule has 0 fully saturated rings. The van der Waals surface area contributed by atoms with Crippen LogP contribution in [0, 0.1) is 17.7 Å². The van der Waals surface area contributed by atoms with E-state index in [1.807, 2.05) is 6.08 Å². The molecule has 3 rings (SSSR count). The van der Waals surface area contributed by atoms with Gasteiger partial charge in [0.2, 0.25) is 0 Å². The monoisotopic (exact) mass is 214 g/mol. The van der Waals surface area contributed by atoms with Gasteiger partial charge >= 0.3 is 0 Å². The minimum Gasteiger partial charge on any atom is -0.289 e. The lowest BCUT2D eigenvalue weighted by Crippen LogP contribution is -2.08. The fourth-order valence-corrected chi connectivity index (χ4v) is 2.45. The fourth-order valence-electron chi connectivity index (χ4n) is 2.45. The first-order valence-electron chi connectivity index (χ1n) is 5.44. The molecular formula is C14H11FO. The first-order valence-corrected chi connectivity index (χ1v) is 5.44. The molecule has 1 aromatic carbocycles. The van der Waals surface area contributed by atoms with E-state index in [1.54, 1.807) is 12.1 Å². The highest BCUT2D eigenvalue weighted by atomic mass is 19.1. The number of hydrogen-bond donors (Lipinski definition) is 0. The van der Waals surface area contributed by atoms with Crippen molar-refractivity contribution in [3.63, 3.8) is 0 Å². The highest BCUT2D eigenvalue weighted by Gasteiger charge is 2.32. The molecule has 0 saturated carbocycles. The van der Waals surface area contributed by atoms with E-state index in [4.69, 9.17) is 0 Å². The Morgan fingerprint density at radius 3 is 2.50 bits per heavy atom. The normalized spacial score (nSPS) is 25.9. The summed E-state index contributed by atoms with van der Waals surface area (Å²) < 4.78 is 12.7. The molecule has 0 heterocycles. The zero-order valence-electron chi connectivity index (χ0n) is 8.69. The minimum atomic E-state index is -0.307. The summed E-state index contributed by atoms with van der Waals surface area (Å²) in [4.78, 5) is 12.1. The summed E-state index contributed by atoms with van der Waals surface area (Å²) in [5.74, 6) is 0.446. The van der Waals surface area contributed by atoms with Gasteiger partial charge in [0.15, 0.2) is 5.78 Å². The van der Waals surface area contributed by atoms with Crippen LogP contribution in [0.2, 0.25) is 0 Å². The summed E-state index contributed by atoms with van der Waals surface area (Å²) >= 11 is 0. The Hall–Kier alpha value is -1.70. The Morgan fingerprint density at radius 2 is 1.94 bits per heavy atom. The molecule has 0 aliphatic heterocycles. The number of hydrogen-bond acceptors (Lipinski definition) is 1. The topological polar surface area (TPSA) is 17.1 Å². The first-order chi connectivity index (χ1) is 7.74. The number of fused-ring (bicyclic) bond motifs is 2. The molecule has 2 heteroatoms. The van der Waals surface area contributed by atoms with Gasteiger partial charge < -0.3 is 0 Å². The zero-order chi connectivity index (χ0) is 11.1. The van der Waals surface area contributed by atoms with Gasteiger partial charge in [-0.1, -0.05) is 18.2 Å². The third-order valence-electron chi connectivity index (χ3n) is 3.28. The number of carbonyl (C=O) groups is 1. The number of rotatable bonds is 2. The maximum atomic E-state index is 12.7. The number of ketones is 1. The first kappa shape index (κ1) is 9.52. The molecule has 0 radical (unpaired) electrons. The standard InChI is InChI=1S/C14H11FO/c15-12-5-3-10(4-6-12)14(16)13-8-9-1-2-11(13)7-9/h1-6,8-9,11H,7H2/t9-,11+/m1/s1. The van der Waals surface area contributed by atoms with Gasteiger partial charge in [0.25, 0.3) is 0 Å². The largest absolute Gasteiger partial charge is 0.289 e. The molecule has 0 unspecified atom stereocenters. The molecule has 0 N–H and O–H groups in total. The van der Waals surface area contributed by atoms with Crippen molar-refractivity contribution in [2.75, 3.05) is 0 Å². The average molecular weight is 214 g/mol. The smallest absolute Gasteiger partial charge is 0.189 e. The van der Waals surface area contributed by atoms with Crippen molar-refractivity contribution in [3.05, 3.63) is 59.4 Å². The SMILES string of the molecule is O=C(C1=C[C@@H]2C=C[C@H]1C2)c1ccc(F)cc1. The van der Waals surface area contributed by atoms with Gasteiger partial charge in [-0.15, -0.1) is 0 Å². The molecule has 16 heavy (non-hydrogen) atoms. The highest BCUT2D eigenvalue weighted by molar-refractivity contribution is 6.09. The number of Topliss-reactive ketones (excluding diaryl/α,β-unsaturated/α-hetero) is 1. The molecule has 1 aromatic rings. The molecule has 2 aliphatic carbocycles. The van der Waals surface area contributed by atoms with Gasteiger partial charge in [-0.05, 0) is 36.6 Å². The highest BCUT2D eigenvalue weighted by Crippen LogP contribution is 2.39. The van der Waals surface area contributed by atoms with E-state index >= 15 is 0 Å². The van der Waals surface area contributed by atoms with Crippen LogP contribution in [0.15, 0.2) is 48.1 Å².